The van der Waals surface area contributed by atoms with Gasteiger partial charge in [-0.25, -0.2) is 0 Å². The van der Waals surface area contributed by atoms with E-state index in [0.717, 1.165) is 0 Å². The molecule has 0 unspecified atom stereocenters. The second kappa shape index (κ2) is 49.7. The Bertz CT molecular complexity index is 3250. The Morgan fingerprint density at radius 1 is 0.200 bits per heavy atom. The average Bonchev–Trinajstić information content (AvgIpc) is 0.819. The third kappa shape index (κ3) is 39.4. The molecule has 115 heavy (non-hydrogen) atoms. The van der Waals surface area contributed by atoms with Crippen molar-refractivity contribution in [2.24, 2.45) is 10.2 Å². The van der Waals surface area contributed by atoms with E-state index in [4.69, 9.17) is 10.2 Å². The van der Waals surface area contributed by atoms with Crippen LogP contribution in [0.2, 0.25) is 0 Å². The van der Waals surface area contributed by atoms with Gasteiger partial charge in [0, 0.05) is 247 Å². The number of carboxylic acids is 12. The van der Waals surface area contributed by atoms with Crippen LogP contribution in [0, 0.1) is 0 Å². The van der Waals surface area contributed by atoms with Gasteiger partial charge in [-0.15, -0.1) is 0 Å². The van der Waals surface area contributed by atoms with Crippen molar-refractivity contribution in [3.05, 3.63) is 52.6 Å². The molecule has 4 aliphatic heterocycles. The van der Waals surface area contributed by atoms with E-state index in [1.165, 1.54) is 0 Å². The Hall–Kier alpha value is -9.16. The van der Waals surface area contributed by atoms with Crippen molar-refractivity contribution < 1.29 is 124 Å². The highest BCUT2D eigenvalue weighted by Crippen LogP contribution is 2.33. The first kappa shape index (κ1) is 94.7. The van der Waals surface area contributed by atoms with Crippen LogP contribution in [0.3, 0.4) is 0 Å². The Morgan fingerprint density at radius 3 is 0.478 bits per heavy atom. The van der Waals surface area contributed by atoms with Gasteiger partial charge >= 0.3 is 71.6 Å². The van der Waals surface area contributed by atoms with Gasteiger partial charge in [-0.2, -0.15) is 10.2 Å². The Kier molecular flexibility index (Phi) is 40.9. The summed E-state index contributed by atoms with van der Waals surface area (Å²) < 4.78 is 0. The fourth-order valence-corrected chi connectivity index (χ4v) is 14.3. The molecule has 0 aliphatic carbocycles. The molecular formula is C72H114N18O25. The number of azo groups is 1. The maximum Gasteiger partial charge on any atom is 0.317 e. The molecule has 13 N–H and O–H groups in total. The van der Waals surface area contributed by atoms with Crippen molar-refractivity contribution in [1.82, 2.24) is 78.4 Å². The van der Waals surface area contributed by atoms with Crippen molar-refractivity contribution in [2.45, 2.75) is 26.2 Å². The van der Waals surface area contributed by atoms with Crippen molar-refractivity contribution in [3.63, 3.8) is 0 Å². The van der Waals surface area contributed by atoms with E-state index >= 15 is 0 Å². The van der Waals surface area contributed by atoms with Gasteiger partial charge in [0.2, 0.25) is 0 Å². The lowest BCUT2D eigenvalue weighted by Gasteiger charge is -2.34. The number of hydrogen-bond donors (Lipinski definition) is 13. The van der Waals surface area contributed by atoms with E-state index in [9.17, 15) is 124 Å². The lowest BCUT2D eigenvalue weighted by molar-refractivity contribution is -0.140. The van der Waals surface area contributed by atoms with Crippen molar-refractivity contribution in [3.8, 4) is 5.75 Å². The molecule has 4 saturated heterocycles. The van der Waals surface area contributed by atoms with Crippen molar-refractivity contribution in [2.75, 3.05) is 288 Å². The van der Waals surface area contributed by atoms with Crippen LogP contribution in [0.1, 0.15) is 22.3 Å². The molecule has 6 rings (SSSR count). The normalized spacial score (nSPS) is 19.9. The zero-order valence-electron chi connectivity index (χ0n) is 65.1. The fraction of sp³-hybridized carbons (Fsp3) is 0.667. The molecule has 0 atom stereocenters. The van der Waals surface area contributed by atoms with Gasteiger partial charge in [0.1, 0.15) is 5.75 Å². The summed E-state index contributed by atoms with van der Waals surface area (Å²) in [6.07, 6.45) is 0. The molecule has 0 amide bonds. The standard InChI is InChI=1S/C72H114N18O25/c91-60(92)42-79-9-1-75(2-10-80(43-61(93)94)18-26-87(25-17-79)50-68(107)108)38-54-33-55(39-76-3-11-81(44-62(95)96)19-27-88(51-69(109)110)28-20-82(12-4-76)45-63(97)98)35-58(34-54)73-74-59-36-56(40-77-5-13-83(46-64(99)100)21-29-89(52-70(111)112)30-22-84(14-6-77)47-65(101)102)72(115)57(37-59)41-78-7-15-85(48-66(103)104)23-31-90(53-71(113)114)32-24-86(16-8-78)49-67(105)106/h33-37,115H,1-32,38-53H2,(H,91,92)(H,93,94)(H,95,96)(H,97,98)(H,99,100)(H,101,102)(H,103,104)(H,105,106)(H,107,108)(H,109,110)(H,111,112)(H,113,114). The number of aliphatic carboxylic acids is 12. The molecule has 0 bridgehead atoms. The number of phenols is 1. The predicted molar refractivity (Wildman–Crippen MR) is 409 cm³/mol. The third-order valence-corrected chi connectivity index (χ3v) is 20.2. The van der Waals surface area contributed by atoms with Crippen LogP contribution >= 0.6 is 0 Å². The minimum atomic E-state index is -1.15. The summed E-state index contributed by atoms with van der Waals surface area (Å²) in [6.45, 7) is 0.00706. The van der Waals surface area contributed by atoms with Gasteiger partial charge in [0.15, 0.2) is 0 Å². The van der Waals surface area contributed by atoms with Crippen LogP contribution in [0.5, 0.6) is 5.75 Å². The van der Waals surface area contributed by atoms with E-state index in [0.29, 0.717) is 11.1 Å². The highest BCUT2D eigenvalue weighted by atomic mass is 16.4. The Balaban J connectivity index is 1.54. The summed E-state index contributed by atoms with van der Waals surface area (Å²) in [5.41, 5.74) is 2.20. The molecule has 4 fully saturated rings. The molecule has 4 heterocycles. The van der Waals surface area contributed by atoms with E-state index < -0.39 is 97.8 Å². The highest BCUT2D eigenvalue weighted by Gasteiger charge is 2.29. The number of phenolic OH excluding ortho intramolecular Hbond substituents is 1. The molecule has 0 spiro atoms. The van der Waals surface area contributed by atoms with Gasteiger partial charge in [-0.1, -0.05) is 6.07 Å². The molecule has 0 aromatic heterocycles. The largest absolute Gasteiger partial charge is 0.507 e. The molecule has 0 radical (unpaired) electrons. The maximum atomic E-state index is 12.8. The van der Waals surface area contributed by atoms with Gasteiger partial charge < -0.3 is 66.4 Å². The predicted octanol–water partition coefficient (Wildman–Crippen LogP) is -4.29. The summed E-state index contributed by atoms with van der Waals surface area (Å²) in [7, 11) is 0. The van der Waals surface area contributed by atoms with Crippen molar-refractivity contribution in [1.29, 1.82) is 0 Å². The highest BCUT2D eigenvalue weighted by molar-refractivity contribution is 5.73. The van der Waals surface area contributed by atoms with E-state index in [2.05, 4.69) is 0 Å². The fourth-order valence-electron chi connectivity index (χ4n) is 14.3. The topological polar surface area (TPSA) is 544 Å². The number of aromatic hydroxyl groups is 1. The summed E-state index contributed by atoms with van der Waals surface area (Å²) in [4.78, 5) is 174. The van der Waals surface area contributed by atoms with Crippen molar-refractivity contribution >= 4 is 83.0 Å². The minimum absolute atomic E-state index is 0.0746. The SMILES string of the molecule is O=C(O)CN1CCN(CC(=O)O)CCN(Cc2cc(CN3CCN(CC(=O)O)CCN(CC(=O)O)CCN(CC(=O)O)CC3)cc(N=Nc3cc(CN4CCN(CC(=O)O)CCN(CC(=O)O)CCN(CC(=O)O)CC4)c(O)c(CN4CCN(CC(=O)O)CCN(CC(=O)O)CCN(CC(=O)O)CC4)c3)c2)CCN(CC(=O)O)CC1. The second-order valence-electron chi connectivity index (χ2n) is 29.5. The first-order valence-electron chi connectivity index (χ1n) is 38.2. The van der Waals surface area contributed by atoms with Crippen LogP contribution in [0.25, 0.3) is 0 Å². The molecule has 0 saturated carbocycles. The molecular weight excluding hydrogens is 1520 g/mol. The van der Waals surface area contributed by atoms with Gasteiger partial charge in [0.25, 0.3) is 0 Å². The summed E-state index contributed by atoms with van der Waals surface area (Å²) in [5.74, 6) is -13.9. The number of carbonyl (C=O) groups is 12. The van der Waals surface area contributed by atoms with E-state index in [-0.39, 0.29) is 316 Å². The Morgan fingerprint density at radius 2 is 0.330 bits per heavy atom. The number of rotatable bonds is 34. The van der Waals surface area contributed by atoms with Gasteiger partial charge in [-0.3, -0.25) is 136 Å². The molecule has 2 aromatic carbocycles. The van der Waals surface area contributed by atoms with Crippen LogP contribution in [0.15, 0.2) is 40.6 Å². The third-order valence-electron chi connectivity index (χ3n) is 20.2. The molecule has 2 aromatic rings. The maximum absolute atomic E-state index is 12.8. The monoisotopic (exact) mass is 1630 g/mol. The number of carboxylic acid groups (broad SMARTS) is 12. The number of benzene rings is 2. The number of nitrogens with zero attached hydrogens (tertiary/aromatic N) is 18. The van der Waals surface area contributed by atoms with Gasteiger partial charge in [0.05, 0.1) is 89.9 Å². The lowest BCUT2D eigenvalue weighted by Crippen LogP contribution is -2.48. The number of hydrogen-bond acceptors (Lipinski definition) is 31. The van der Waals surface area contributed by atoms with Crippen LogP contribution in [-0.4, -0.2) is 504 Å². The van der Waals surface area contributed by atoms with E-state index in [1.54, 1.807) is 83.1 Å². The second-order valence-corrected chi connectivity index (χ2v) is 29.5. The van der Waals surface area contributed by atoms with Crippen LogP contribution in [-0.2, 0) is 83.7 Å². The zero-order valence-corrected chi connectivity index (χ0v) is 65.1. The smallest absolute Gasteiger partial charge is 0.317 e. The molecule has 43 nitrogen and oxygen atoms in total. The molecule has 4 aliphatic rings. The first-order chi connectivity index (χ1) is 54.6. The zero-order chi connectivity index (χ0) is 84.1. The summed E-state index contributed by atoms with van der Waals surface area (Å²) in [5, 5.41) is 142. The Labute approximate surface area is 665 Å². The van der Waals surface area contributed by atoms with Crippen LogP contribution < -0.4 is 0 Å². The van der Waals surface area contributed by atoms with E-state index in [1.807, 2.05) is 25.7 Å². The minimum Gasteiger partial charge on any atom is -0.507 e. The lowest BCUT2D eigenvalue weighted by atomic mass is 10.1. The average molecular weight is 1630 g/mol. The molecule has 642 valence electrons. The van der Waals surface area contributed by atoms with Crippen LogP contribution in [0.4, 0.5) is 11.4 Å². The summed E-state index contributed by atoms with van der Waals surface area (Å²) in [6, 6.07) is 8.60. The molecule has 43 heteroatoms. The quantitative estimate of drug-likeness (QED) is 0.0295. The summed E-state index contributed by atoms with van der Waals surface area (Å²) >= 11 is 0. The first-order valence-corrected chi connectivity index (χ1v) is 38.2. The van der Waals surface area contributed by atoms with Gasteiger partial charge in [-0.05, 0) is 35.4 Å².